The summed E-state index contributed by atoms with van der Waals surface area (Å²) in [6.07, 6.45) is 2.32. The standard InChI is InChI=1S/C13H15N3O2S2/c1-7(2)5-8-3-4-9(19-8)12(18)16-13-15-6-10(20-13)11(14)17/h3-4,6-7H,5H2,1-2H3,(H2,14,17)(H,15,16,18). The summed E-state index contributed by atoms with van der Waals surface area (Å²) >= 11 is 2.54. The second-order valence-electron chi connectivity index (χ2n) is 4.71. The van der Waals surface area contributed by atoms with Crippen molar-refractivity contribution < 1.29 is 9.59 Å². The first kappa shape index (κ1) is 14.7. The van der Waals surface area contributed by atoms with E-state index in [1.165, 1.54) is 22.4 Å². The van der Waals surface area contributed by atoms with Crippen molar-refractivity contribution >= 4 is 39.6 Å². The molecule has 0 unspecified atom stereocenters. The molecule has 106 valence electrons. The number of nitrogens with two attached hydrogens (primary N) is 1. The van der Waals surface area contributed by atoms with Gasteiger partial charge >= 0.3 is 0 Å². The van der Waals surface area contributed by atoms with Crippen LogP contribution in [0.5, 0.6) is 0 Å². The molecule has 7 heteroatoms. The molecule has 0 radical (unpaired) electrons. The van der Waals surface area contributed by atoms with Crippen molar-refractivity contribution in [3.05, 3.63) is 33.0 Å². The quantitative estimate of drug-likeness (QED) is 0.890. The minimum absolute atomic E-state index is 0.213. The minimum atomic E-state index is -0.543. The van der Waals surface area contributed by atoms with Gasteiger partial charge in [0, 0.05) is 4.88 Å². The highest BCUT2D eigenvalue weighted by Gasteiger charge is 2.13. The molecular formula is C13H15N3O2S2. The van der Waals surface area contributed by atoms with Crippen LogP contribution in [0.1, 0.15) is 38.1 Å². The van der Waals surface area contributed by atoms with Crippen LogP contribution in [0.3, 0.4) is 0 Å². The summed E-state index contributed by atoms with van der Waals surface area (Å²) in [5.74, 6) is -0.199. The first-order valence-electron chi connectivity index (χ1n) is 6.11. The number of nitrogens with zero attached hydrogens (tertiary/aromatic N) is 1. The number of carbonyl (C=O) groups excluding carboxylic acids is 2. The fraction of sp³-hybridized carbons (Fsp3) is 0.308. The Kier molecular flexibility index (Phi) is 4.51. The molecule has 5 nitrogen and oxygen atoms in total. The van der Waals surface area contributed by atoms with E-state index in [0.29, 0.717) is 20.8 Å². The molecule has 0 fully saturated rings. The number of hydrogen-bond acceptors (Lipinski definition) is 5. The van der Waals surface area contributed by atoms with Crippen LogP contribution >= 0.6 is 22.7 Å². The summed E-state index contributed by atoms with van der Waals surface area (Å²) in [4.78, 5) is 29.1. The fourth-order valence-corrected chi connectivity index (χ4v) is 3.40. The number of amides is 2. The van der Waals surface area contributed by atoms with Crippen LogP contribution in [0.15, 0.2) is 18.3 Å². The Bertz CT molecular complexity index is 631. The van der Waals surface area contributed by atoms with Gasteiger partial charge in [-0.15, -0.1) is 11.3 Å². The smallest absolute Gasteiger partial charge is 0.267 e. The summed E-state index contributed by atoms with van der Waals surface area (Å²) in [6.45, 7) is 4.28. The van der Waals surface area contributed by atoms with Crippen molar-refractivity contribution in [3.8, 4) is 0 Å². The third-order valence-corrected chi connectivity index (χ3v) is 4.50. The monoisotopic (exact) mass is 309 g/mol. The SMILES string of the molecule is CC(C)Cc1ccc(C(=O)Nc2ncc(C(N)=O)s2)s1. The Morgan fingerprint density at radius 3 is 2.65 bits per heavy atom. The van der Waals surface area contributed by atoms with Crippen molar-refractivity contribution in [1.29, 1.82) is 0 Å². The van der Waals surface area contributed by atoms with E-state index in [0.717, 1.165) is 17.8 Å². The van der Waals surface area contributed by atoms with Gasteiger partial charge in [0.05, 0.1) is 11.1 Å². The topological polar surface area (TPSA) is 85.1 Å². The number of anilines is 1. The van der Waals surface area contributed by atoms with E-state index in [9.17, 15) is 9.59 Å². The summed E-state index contributed by atoms with van der Waals surface area (Å²) in [7, 11) is 0. The summed E-state index contributed by atoms with van der Waals surface area (Å²) in [5, 5.41) is 3.05. The first-order valence-corrected chi connectivity index (χ1v) is 7.74. The van der Waals surface area contributed by atoms with Gasteiger partial charge in [-0.2, -0.15) is 0 Å². The van der Waals surface area contributed by atoms with Gasteiger partial charge in [-0.1, -0.05) is 25.2 Å². The third-order valence-electron chi connectivity index (χ3n) is 2.46. The van der Waals surface area contributed by atoms with E-state index < -0.39 is 5.91 Å². The number of aromatic nitrogens is 1. The summed E-state index contributed by atoms with van der Waals surface area (Å²) < 4.78 is 0. The van der Waals surface area contributed by atoms with Gasteiger partial charge in [-0.25, -0.2) is 4.98 Å². The highest BCUT2D eigenvalue weighted by molar-refractivity contribution is 7.18. The number of carbonyl (C=O) groups is 2. The van der Waals surface area contributed by atoms with Crippen molar-refractivity contribution in [1.82, 2.24) is 4.98 Å². The molecule has 0 bridgehead atoms. The molecule has 2 rings (SSSR count). The Morgan fingerprint density at radius 2 is 2.05 bits per heavy atom. The van der Waals surface area contributed by atoms with Crippen molar-refractivity contribution in [2.75, 3.05) is 5.32 Å². The highest BCUT2D eigenvalue weighted by atomic mass is 32.1. The van der Waals surface area contributed by atoms with Gasteiger partial charge in [0.15, 0.2) is 5.13 Å². The average molecular weight is 309 g/mol. The lowest BCUT2D eigenvalue weighted by molar-refractivity contribution is 0.100. The first-order chi connectivity index (χ1) is 9.45. The van der Waals surface area contributed by atoms with Gasteiger partial charge in [0.25, 0.3) is 11.8 Å². The van der Waals surface area contributed by atoms with E-state index in [4.69, 9.17) is 5.73 Å². The lowest BCUT2D eigenvalue weighted by Gasteiger charge is -2.00. The Labute approximate surface area is 124 Å². The second kappa shape index (κ2) is 6.15. The number of hydrogen-bond donors (Lipinski definition) is 2. The van der Waals surface area contributed by atoms with E-state index in [1.54, 1.807) is 6.07 Å². The predicted molar refractivity (Wildman–Crippen MR) is 81.4 cm³/mol. The molecule has 0 spiro atoms. The van der Waals surface area contributed by atoms with Crippen LogP contribution in [-0.2, 0) is 6.42 Å². The van der Waals surface area contributed by atoms with Crippen molar-refractivity contribution in [2.45, 2.75) is 20.3 Å². The van der Waals surface area contributed by atoms with E-state index in [-0.39, 0.29) is 5.91 Å². The zero-order chi connectivity index (χ0) is 14.7. The Hall–Kier alpha value is -1.73. The second-order valence-corrected chi connectivity index (χ2v) is 6.91. The maximum atomic E-state index is 12.0. The van der Waals surface area contributed by atoms with Crippen molar-refractivity contribution in [3.63, 3.8) is 0 Å². The average Bonchev–Trinajstić information content (AvgIpc) is 2.97. The van der Waals surface area contributed by atoms with Crippen LogP contribution in [0.25, 0.3) is 0 Å². The molecule has 0 saturated carbocycles. The van der Waals surface area contributed by atoms with E-state index in [2.05, 4.69) is 24.1 Å². The molecule has 0 aliphatic rings. The predicted octanol–water partition coefficient (Wildman–Crippen LogP) is 2.75. The number of thiophene rings is 1. The number of thiazole rings is 1. The molecule has 2 aromatic heterocycles. The van der Waals surface area contributed by atoms with Gasteiger partial charge in [0.2, 0.25) is 0 Å². The van der Waals surface area contributed by atoms with Crippen LogP contribution in [-0.4, -0.2) is 16.8 Å². The lowest BCUT2D eigenvalue weighted by atomic mass is 10.1. The van der Waals surface area contributed by atoms with E-state index >= 15 is 0 Å². The molecule has 0 saturated heterocycles. The fourth-order valence-electron chi connectivity index (χ4n) is 1.62. The zero-order valence-electron chi connectivity index (χ0n) is 11.2. The zero-order valence-corrected chi connectivity index (χ0v) is 12.8. The van der Waals surface area contributed by atoms with E-state index in [1.807, 2.05) is 6.07 Å². The largest absolute Gasteiger partial charge is 0.365 e. The lowest BCUT2D eigenvalue weighted by Crippen LogP contribution is -2.09. The molecule has 2 amide bonds. The molecule has 2 heterocycles. The van der Waals surface area contributed by atoms with Crippen LogP contribution in [0.4, 0.5) is 5.13 Å². The third kappa shape index (κ3) is 3.64. The highest BCUT2D eigenvalue weighted by Crippen LogP contribution is 2.22. The maximum absolute atomic E-state index is 12.0. The van der Waals surface area contributed by atoms with Crippen LogP contribution < -0.4 is 11.1 Å². The summed E-state index contributed by atoms with van der Waals surface area (Å²) in [6, 6.07) is 3.77. The Balaban J connectivity index is 2.03. The van der Waals surface area contributed by atoms with Gasteiger partial charge in [0.1, 0.15) is 4.88 Å². The van der Waals surface area contributed by atoms with Crippen molar-refractivity contribution in [2.24, 2.45) is 11.7 Å². The number of primary amides is 1. The summed E-state index contributed by atoms with van der Waals surface area (Å²) in [5.41, 5.74) is 5.14. The molecule has 0 aliphatic carbocycles. The van der Waals surface area contributed by atoms with Crippen LogP contribution in [0, 0.1) is 5.92 Å². The molecule has 0 atom stereocenters. The molecule has 2 aromatic rings. The normalized spacial score (nSPS) is 10.8. The number of rotatable bonds is 5. The van der Waals surface area contributed by atoms with Gasteiger partial charge in [-0.05, 0) is 24.5 Å². The van der Waals surface area contributed by atoms with Gasteiger partial charge in [-0.3, -0.25) is 14.9 Å². The maximum Gasteiger partial charge on any atom is 0.267 e. The number of nitrogens with one attached hydrogen (secondary N) is 1. The molecule has 0 aromatic carbocycles. The molecule has 0 aliphatic heterocycles. The van der Waals surface area contributed by atoms with Gasteiger partial charge < -0.3 is 5.73 Å². The molecule has 3 N–H and O–H groups in total. The molecular weight excluding hydrogens is 294 g/mol. The van der Waals surface area contributed by atoms with Crippen LogP contribution in [0.2, 0.25) is 0 Å². The molecule has 20 heavy (non-hydrogen) atoms. The minimum Gasteiger partial charge on any atom is -0.365 e. The Morgan fingerprint density at radius 1 is 1.30 bits per heavy atom.